The van der Waals surface area contributed by atoms with Gasteiger partial charge in [0.15, 0.2) is 17.2 Å². The smallest absolute Gasteiger partial charge is 0.277 e. The summed E-state index contributed by atoms with van der Waals surface area (Å²) in [4.78, 5) is 21.1. The van der Waals surface area contributed by atoms with Gasteiger partial charge in [0.25, 0.3) is 5.56 Å². The summed E-state index contributed by atoms with van der Waals surface area (Å²) in [5.41, 5.74) is 2.16. The SMILES string of the molecule is COc1c(Nc2cc(Cl)nc3[nH]n(C)c(=O)c23)cccc1-c1nc(C)nn1C. The Morgan fingerprint density at radius 2 is 2.00 bits per heavy atom. The maximum atomic E-state index is 12.5. The highest BCUT2D eigenvalue weighted by Gasteiger charge is 2.18. The topological polar surface area (TPSA) is 103 Å². The predicted molar refractivity (Wildman–Crippen MR) is 107 cm³/mol. The first kappa shape index (κ1) is 18.1. The molecule has 0 spiro atoms. The second-order valence-electron chi connectivity index (χ2n) is 6.31. The minimum absolute atomic E-state index is 0.208. The third-order valence-electron chi connectivity index (χ3n) is 4.38. The average molecular weight is 400 g/mol. The summed E-state index contributed by atoms with van der Waals surface area (Å²) in [6, 6.07) is 7.23. The molecule has 0 atom stereocenters. The molecule has 4 aromatic rings. The monoisotopic (exact) mass is 399 g/mol. The van der Waals surface area contributed by atoms with Gasteiger partial charge >= 0.3 is 0 Å². The van der Waals surface area contributed by atoms with Crippen LogP contribution in [0.25, 0.3) is 22.4 Å². The summed E-state index contributed by atoms with van der Waals surface area (Å²) in [6.45, 7) is 1.83. The first-order valence-corrected chi connectivity index (χ1v) is 8.84. The Hall–Kier alpha value is -3.33. The zero-order chi connectivity index (χ0) is 20.0. The zero-order valence-electron chi connectivity index (χ0n) is 15.7. The fourth-order valence-electron chi connectivity index (χ4n) is 3.21. The van der Waals surface area contributed by atoms with E-state index in [2.05, 4.69) is 25.5 Å². The number of aryl methyl sites for hydroxylation is 3. The molecule has 2 N–H and O–H groups in total. The number of nitrogens with zero attached hydrogens (tertiary/aromatic N) is 5. The van der Waals surface area contributed by atoms with Crippen molar-refractivity contribution in [1.82, 2.24) is 29.5 Å². The van der Waals surface area contributed by atoms with E-state index in [1.807, 2.05) is 32.2 Å². The quantitative estimate of drug-likeness (QED) is 0.511. The number of hydrogen-bond donors (Lipinski definition) is 2. The van der Waals surface area contributed by atoms with Crippen molar-refractivity contribution >= 4 is 34.0 Å². The molecule has 4 rings (SSSR count). The molecule has 9 nitrogen and oxygen atoms in total. The van der Waals surface area contributed by atoms with E-state index in [9.17, 15) is 4.79 Å². The number of H-pyrrole nitrogens is 1. The highest BCUT2D eigenvalue weighted by Crippen LogP contribution is 2.38. The molecule has 28 heavy (non-hydrogen) atoms. The first-order valence-electron chi connectivity index (χ1n) is 8.46. The lowest BCUT2D eigenvalue weighted by Crippen LogP contribution is -2.12. The lowest BCUT2D eigenvalue weighted by molar-refractivity contribution is 0.418. The number of fused-ring (bicyclic) bond motifs is 1. The first-order chi connectivity index (χ1) is 13.4. The number of hydrogen-bond acceptors (Lipinski definition) is 6. The number of aromatic nitrogens is 6. The number of aromatic amines is 1. The van der Waals surface area contributed by atoms with Crippen LogP contribution in [0.5, 0.6) is 5.75 Å². The molecule has 0 unspecified atom stereocenters. The molecule has 0 fully saturated rings. The third kappa shape index (κ3) is 2.89. The molecule has 0 radical (unpaired) electrons. The molecule has 0 aliphatic carbocycles. The van der Waals surface area contributed by atoms with Crippen LogP contribution in [0.15, 0.2) is 29.1 Å². The van der Waals surface area contributed by atoms with Gasteiger partial charge in [0.1, 0.15) is 16.4 Å². The predicted octanol–water partition coefficient (Wildman–Crippen LogP) is 2.77. The normalized spacial score (nSPS) is 11.2. The highest BCUT2D eigenvalue weighted by molar-refractivity contribution is 6.30. The van der Waals surface area contributed by atoms with Gasteiger partial charge in [0, 0.05) is 14.1 Å². The van der Waals surface area contributed by atoms with Crippen LogP contribution in [0.1, 0.15) is 5.82 Å². The Kier molecular flexibility index (Phi) is 4.31. The van der Waals surface area contributed by atoms with E-state index < -0.39 is 0 Å². The number of anilines is 2. The molecule has 3 heterocycles. The van der Waals surface area contributed by atoms with E-state index in [1.54, 1.807) is 24.9 Å². The molecule has 0 aliphatic heterocycles. The van der Waals surface area contributed by atoms with Crippen LogP contribution >= 0.6 is 11.6 Å². The Morgan fingerprint density at radius 3 is 2.68 bits per heavy atom. The number of para-hydroxylation sites is 1. The summed E-state index contributed by atoms with van der Waals surface area (Å²) in [6.07, 6.45) is 0. The van der Waals surface area contributed by atoms with Gasteiger partial charge < -0.3 is 10.1 Å². The van der Waals surface area contributed by atoms with E-state index in [0.717, 1.165) is 5.56 Å². The molecule has 0 bridgehead atoms. The molecule has 0 saturated heterocycles. The summed E-state index contributed by atoms with van der Waals surface area (Å²) < 4.78 is 8.71. The summed E-state index contributed by atoms with van der Waals surface area (Å²) in [5, 5.41) is 11.1. The van der Waals surface area contributed by atoms with Crippen molar-refractivity contribution in [2.75, 3.05) is 12.4 Å². The largest absolute Gasteiger partial charge is 0.494 e. The molecule has 0 amide bonds. The number of halogens is 1. The van der Waals surface area contributed by atoms with Crippen LogP contribution in [-0.2, 0) is 14.1 Å². The Balaban J connectivity index is 1.88. The lowest BCUT2D eigenvalue weighted by atomic mass is 10.1. The number of pyridine rings is 1. The van der Waals surface area contributed by atoms with Gasteiger partial charge in [-0.05, 0) is 25.1 Å². The minimum Gasteiger partial charge on any atom is -0.494 e. The van der Waals surface area contributed by atoms with Gasteiger partial charge in [-0.1, -0.05) is 17.7 Å². The van der Waals surface area contributed by atoms with Gasteiger partial charge in [-0.25, -0.2) is 14.6 Å². The Morgan fingerprint density at radius 1 is 1.21 bits per heavy atom. The van der Waals surface area contributed by atoms with E-state index >= 15 is 0 Å². The van der Waals surface area contributed by atoms with Gasteiger partial charge in [0.2, 0.25) is 0 Å². The summed E-state index contributed by atoms with van der Waals surface area (Å²) in [5.74, 6) is 1.91. The lowest BCUT2D eigenvalue weighted by Gasteiger charge is -2.15. The second kappa shape index (κ2) is 6.68. The molecule has 1 aromatic carbocycles. The zero-order valence-corrected chi connectivity index (χ0v) is 16.5. The summed E-state index contributed by atoms with van der Waals surface area (Å²) in [7, 11) is 5.03. The van der Waals surface area contributed by atoms with Crippen LogP contribution in [0.2, 0.25) is 5.15 Å². The van der Waals surface area contributed by atoms with E-state index in [-0.39, 0.29) is 10.7 Å². The van der Waals surface area contributed by atoms with Crippen molar-refractivity contribution in [2.24, 2.45) is 14.1 Å². The Labute approximate surface area is 164 Å². The average Bonchev–Trinajstić information content (AvgIpc) is 3.12. The molecule has 10 heteroatoms. The third-order valence-corrected chi connectivity index (χ3v) is 4.57. The van der Waals surface area contributed by atoms with Crippen molar-refractivity contribution in [3.8, 4) is 17.1 Å². The number of rotatable bonds is 4. The Bertz CT molecular complexity index is 1260. The van der Waals surface area contributed by atoms with Crippen LogP contribution < -0.4 is 15.6 Å². The molecule has 144 valence electrons. The van der Waals surface area contributed by atoms with Crippen molar-refractivity contribution < 1.29 is 4.74 Å². The molecular weight excluding hydrogens is 382 g/mol. The van der Waals surface area contributed by atoms with Crippen molar-refractivity contribution in [3.63, 3.8) is 0 Å². The number of benzene rings is 1. The van der Waals surface area contributed by atoms with Gasteiger partial charge in [-0.15, -0.1) is 0 Å². The second-order valence-corrected chi connectivity index (χ2v) is 6.70. The number of nitrogens with one attached hydrogen (secondary N) is 2. The van der Waals surface area contributed by atoms with Crippen LogP contribution in [0, 0.1) is 6.92 Å². The molecule has 0 saturated carbocycles. The van der Waals surface area contributed by atoms with Crippen molar-refractivity contribution in [2.45, 2.75) is 6.92 Å². The van der Waals surface area contributed by atoms with E-state index in [1.165, 1.54) is 4.68 Å². The number of methoxy groups -OCH3 is 1. The van der Waals surface area contributed by atoms with E-state index in [4.69, 9.17) is 16.3 Å². The van der Waals surface area contributed by atoms with Crippen LogP contribution in [0.3, 0.4) is 0 Å². The van der Waals surface area contributed by atoms with E-state index in [0.29, 0.717) is 39.8 Å². The summed E-state index contributed by atoms with van der Waals surface area (Å²) >= 11 is 6.14. The molecular formula is C18H18ClN7O2. The highest BCUT2D eigenvalue weighted by atomic mass is 35.5. The van der Waals surface area contributed by atoms with Gasteiger partial charge in [0.05, 0.1) is 24.0 Å². The van der Waals surface area contributed by atoms with Crippen LogP contribution in [-0.4, -0.2) is 36.6 Å². The minimum atomic E-state index is -0.208. The fraction of sp³-hybridized carbons (Fsp3) is 0.222. The molecule has 3 aromatic heterocycles. The van der Waals surface area contributed by atoms with Gasteiger partial charge in [-0.2, -0.15) is 5.10 Å². The van der Waals surface area contributed by atoms with Crippen molar-refractivity contribution in [1.29, 1.82) is 0 Å². The van der Waals surface area contributed by atoms with Crippen LogP contribution in [0.4, 0.5) is 11.4 Å². The standard InChI is InChI=1S/C18H18ClN7O2/c1-9-20-17(25(2)23-9)10-6-5-7-11(15(10)28-4)21-12-8-13(19)22-16-14(12)18(27)26(3)24-16/h5-8H,1-4H3,(H2,21,22,24). The van der Waals surface area contributed by atoms with Gasteiger partial charge in [-0.3, -0.25) is 14.6 Å². The fourth-order valence-corrected chi connectivity index (χ4v) is 3.40. The number of ether oxygens (including phenoxy) is 1. The maximum absolute atomic E-state index is 12.5. The maximum Gasteiger partial charge on any atom is 0.277 e. The van der Waals surface area contributed by atoms with Crippen molar-refractivity contribution in [3.05, 3.63) is 45.6 Å². The molecule has 0 aliphatic rings.